The molecule has 2 aliphatic rings. The first kappa shape index (κ1) is 29.8. The molecule has 1 fully saturated rings. The Morgan fingerprint density at radius 2 is 1.64 bits per heavy atom. The van der Waals surface area contributed by atoms with Crippen LogP contribution in [0.25, 0.3) is 0 Å². The van der Waals surface area contributed by atoms with Crippen LogP contribution < -0.4 is 21.3 Å². The smallest absolute Gasteiger partial charge is 0.329 e. The van der Waals surface area contributed by atoms with E-state index in [2.05, 4.69) is 21.3 Å². The van der Waals surface area contributed by atoms with Crippen LogP contribution in [0.3, 0.4) is 0 Å². The van der Waals surface area contributed by atoms with Crippen molar-refractivity contribution in [3.05, 3.63) is 23.9 Å². The summed E-state index contributed by atoms with van der Waals surface area (Å²) in [5.41, 5.74) is -0.0445. The van der Waals surface area contributed by atoms with Gasteiger partial charge in [0.2, 0.25) is 17.7 Å². The summed E-state index contributed by atoms with van der Waals surface area (Å²) in [4.78, 5) is 65.2. The van der Waals surface area contributed by atoms with Crippen molar-refractivity contribution in [1.29, 1.82) is 0 Å². The number of carbonyl (C=O) groups is 5. The Morgan fingerprint density at radius 3 is 2.28 bits per heavy atom. The van der Waals surface area contributed by atoms with Crippen LogP contribution >= 0.6 is 21.6 Å². The highest BCUT2D eigenvalue weighted by molar-refractivity contribution is 8.76. The predicted molar refractivity (Wildman–Crippen MR) is 141 cm³/mol. The predicted octanol–water partition coefficient (Wildman–Crippen LogP) is 1.43. The number of amides is 4. The summed E-state index contributed by atoms with van der Waals surface area (Å²) in [6.07, 6.45) is 4.51. The second kappa shape index (κ2) is 14.3. The minimum atomic E-state index is -1.00. The fourth-order valence-electron chi connectivity index (χ4n) is 3.50. The van der Waals surface area contributed by atoms with Crippen LogP contribution in [0.1, 0.15) is 47.5 Å². The van der Waals surface area contributed by atoms with Gasteiger partial charge in [0.05, 0.1) is 6.42 Å². The lowest BCUT2D eigenvalue weighted by atomic mass is 10.0. The summed E-state index contributed by atoms with van der Waals surface area (Å²) in [5.74, 6) is -2.54. The maximum atomic E-state index is 13.2. The molecule has 0 aromatic carbocycles. The normalized spacial score (nSPS) is 29.6. The third-order valence-corrected chi connectivity index (χ3v) is 8.03. The molecule has 0 saturated carbocycles. The van der Waals surface area contributed by atoms with E-state index in [1.54, 1.807) is 40.7 Å². The van der Waals surface area contributed by atoms with Gasteiger partial charge in [0.1, 0.15) is 29.9 Å². The molecule has 4 N–H and O–H groups in total. The standard InChI is InChI=1S/C24H36N4O6S2/c1-6-16-21(30)28-20(14(4)5)24(33)34-15-9-7-8-10-35-36-12-17(22(31)25-16)26-23(32)19(13(2)3)27-18(29)11-15/h6-7,9,13-15,17,19-20H,8,10-12H2,1-5H3,(H,25,31)(H,26,32)(H,27,29)(H,28,30)/b9-7+,16-6-/t15-,17-,19+,20-/m0/s1. The Kier molecular flexibility index (Phi) is 11.8. The molecule has 2 rings (SSSR count). The number of nitrogens with one attached hydrogen (secondary N) is 4. The lowest BCUT2D eigenvalue weighted by Crippen LogP contribution is -2.57. The van der Waals surface area contributed by atoms with Gasteiger partial charge in [-0.05, 0) is 31.3 Å². The minimum Gasteiger partial charge on any atom is -0.456 e. The van der Waals surface area contributed by atoms with Gasteiger partial charge in [-0.3, -0.25) is 19.2 Å². The van der Waals surface area contributed by atoms with Crippen LogP contribution in [0.2, 0.25) is 0 Å². The van der Waals surface area contributed by atoms with E-state index >= 15 is 0 Å². The minimum absolute atomic E-state index is 0.0445. The van der Waals surface area contributed by atoms with Crippen LogP contribution in [0.15, 0.2) is 23.9 Å². The maximum Gasteiger partial charge on any atom is 0.329 e. The third-order valence-electron chi connectivity index (χ3n) is 5.59. The van der Waals surface area contributed by atoms with E-state index in [-0.39, 0.29) is 29.7 Å². The molecule has 12 heteroatoms. The van der Waals surface area contributed by atoms with Crippen molar-refractivity contribution in [1.82, 2.24) is 21.3 Å². The Morgan fingerprint density at radius 1 is 0.944 bits per heavy atom. The van der Waals surface area contributed by atoms with Gasteiger partial charge < -0.3 is 26.0 Å². The van der Waals surface area contributed by atoms with Crippen molar-refractivity contribution in [3.63, 3.8) is 0 Å². The van der Waals surface area contributed by atoms with E-state index in [0.717, 1.165) is 0 Å². The average molecular weight is 541 g/mol. The summed E-state index contributed by atoms with van der Waals surface area (Å²) in [7, 11) is 2.95. The second-order valence-electron chi connectivity index (χ2n) is 9.24. The largest absolute Gasteiger partial charge is 0.456 e. The molecule has 0 aromatic rings. The first-order valence-electron chi connectivity index (χ1n) is 12.0. The molecule has 0 spiro atoms. The number of hydrogen-bond acceptors (Lipinski definition) is 8. The third kappa shape index (κ3) is 8.88. The molecule has 0 aromatic heterocycles. The van der Waals surface area contributed by atoms with E-state index in [9.17, 15) is 24.0 Å². The molecule has 0 radical (unpaired) electrons. The molecule has 10 nitrogen and oxygen atoms in total. The van der Waals surface area contributed by atoms with Gasteiger partial charge >= 0.3 is 5.97 Å². The molecular formula is C24H36N4O6S2. The fraction of sp³-hybridized carbons (Fsp3) is 0.625. The zero-order chi connectivity index (χ0) is 26.8. The number of rotatable bonds is 2. The molecule has 36 heavy (non-hydrogen) atoms. The molecule has 0 aliphatic carbocycles. The summed E-state index contributed by atoms with van der Waals surface area (Å²) in [6, 6.07) is -2.86. The van der Waals surface area contributed by atoms with Gasteiger partial charge in [-0.25, -0.2) is 4.79 Å². The van der Waals surface area contributed by atoms with E-state index in [4.69, 9.17) is 4.74 Å². The number of ether oxygens (including phenoxy) is 1. The Labute approximate surface area is 220 Å². The van der Waals surface area contributed by atoms with E-state index < -0.39 is 53.8 Å². The Hall–Kier alpha value is -2.47. The molecule has 0 unspecified atom stereocenters. The number of allylic oxidation sites excluding steroid dienone is 2. The number of fused-ring (bicyclic) bond motifs is 7. The van der Waals surface area contributed by atoms with Crippen LogP contribution in [0.5, 0.6) is 0 Å². The van der Waals surface area contributed by atoms with Crippen molar-refractivity contribution >= 4 is 51.2 Å². The first-order valence-corrected chi connectivity index (χ1v) is 14.5. The fourth-order valence-corrected chi connectivity index (χ4v) is 5.66. The molecule has 2 heterocycles. The molecule has 2 bridgehead atoms. The topological polar surface area (TPSA) is 143 Å². The van der Waals surface area contributed by atoms with Crippen LogP contribution in [-0.2, 0) is 28.7 Å². The number of esters is 1. The first-order chi connectivity index (χ1) is 17.0. The second-order valence-corrected chi connectivity index (χ2v) is 11.9. The zero-order valence-corrected chi connectivity index (χ0v) is 22.9. The highest BCUT2D eigenvalue weighted by Gasteiger charge is 2.33. The van der Waals surface area contributed by atoms with Gasteiger partial charge in [0, 0.05) is 11.5 Å². The maximum absolute atomic E-state index is 13.2. The van der Waals surface area contributed by atoms with E-state index in [1.165, 1.54) is 27.7 Å². The van der Waals surface area contributed by atoms with Gasteiger partial charge in [-0.1, -0.05) is 61.4 Å². The average Bonchev–Trinajstić information content (AvgIpc) is 2.81. The Balaban J connectivity index is 2.55. The van der Waals surface area contributed by atoms with Gasteiger partial charge in [0.15, 0.2) is 0 Å². The van der Waals surface area contributed by atoms with Gasteiger partial charge in [-0.15, -0.1) is 0 Å². The van der Waals surface area contributed by atoms with Crippen LogP contribution in [0.4, 0.5) is 0 Å². The monoisotopic (exact) mass is 540 g/mol. The van der Waals surface area contributed by atoms with E-state index in [1.807, 2.05) is 6.08 Å². The van der Waals surface area contributed by atoms with Gasteiger partial charge in [0.25, 0.3) is 5.91 Å². The van der Waals surface area contributed by atoms with Crippen molar-refractivity contribution in [2.24, 2.45) is 11.8 Å². The lowest BCUT2D eigenvalue weighted by Gasteiger charge is -2.27. The SMILES string of the molecule is C/C=C1\NC(=O)[C@@H]2CSSCC/C=C/[C@@H](CC(=O)N[C@H](C(C)C)C(=O)N2)OC(=O)[C@H](C(C)C)NC1=O. The van der Waals surface area contributed by atoms with Crippen molar-refractivity contribution in [3.8, 4) is 0 Å². The van der Waals surface area contributed by atoms with Crippen molar-refractivity contribution < 1.29 is 28.7 Å². The summed E-state index contributed by atoms with van der Waals surface area (Å²) in [6.45, 7) is 8.66. The molecule has 1 saturated heterocycles. The van der Waals surface area contributed by atoms with Gasteiger partial charge in [-0.2, -0.15) is 0 Å². The number of carbonyl (C=O) groups excluding carboxylic acids is 5. The Bertz CT molecular complexity index is 905. The molecule has 2 aliphatic heterocycles. The molecule has 200 valence electrons. The molecule has 4 atom stereocenters. The molecule has 4 amide bonds. The molecular weight excluding hydrogens is 504 g/mol. The van der Waals surface area contributed by atoms with Crippen molar-refractivity contribution in [2.75, 3.05) is 11.5 Å². The van der Waals surface area contributed by atoms with E-state index in [0.29, 0.717) is 12.2 Å². The zero-order valence-electron chi connectivity index (χ0n) is 21.3. The quantitative estimate of drug-likeness (QED) is 0.178. The highest BCUT2D eigenvalue weighted by atomic mass is 33.1. The number of hydrogen-bond donors (Lipinski definition) is 4. The van der Waals surface area contributed by atoms with Crippen molar-refractivity contribution in [2.45, 2.75) is 71.7 Å². The highest BCUT2D eigenvalue weighted by Crippen LogP contribution is 2.24. The van der Waals surface area contributed by atoms with Crippen LogP contribution in [-0.4, -0.2) is 65.3 Å². The summed E-state index contributed by atoms with van der Waals surface area (Å²) >= 11 is 0. The lowest BCUT2D eigenvalue weighted by molar-refractivity contribution is -0.153. The summed E-state index contributed by atoms with van der Waals surface area (Å²) < 4.78 is 5.65. The summed E-state index contributed by atoms with van der Waals surface area (Å²) in [5, 5.41) is 10.7. The van der Waals surface area contributed by atoms with Crippen LogP contribution in [0, 0.1) is 11.8 Å².